The molecular weight excluding hydrogens is 276 g/mol. The van der Waals surface area contributed by atoms with Crippen molar-refractivity contribution in [2.75, 3.05) is 23.3 Å². The summed E-state index contributed by atoms with van der Waals surface area (Å²) in [5.74, 6) is 2.07. The van der Waals surface area contributed by atoms with Crippen LogP contribution in [0.1, 0.15) is 25.3 Å². The van der Waals surface area contributed by atoms with Crippen molar-refractivity contribution in [2.24, 2.45) is 5.92 Å². The van der Waals surface area contributed by atoms with Crippen molar-refractivity contribution in [1.82, 2.24) is 15.2 Å². The Kier molecular flexibility index (Phi) is 4.15. The molecule has 0 saturated carbocycles. The van der Waals surface area contributed by atoms with Crippen molar-refractivity contribution < 1.29 is 0 Å². The third kappa shape index (κ3) is 3.31. The summed E-state index contributed by atoms with van der Waals surface area (Å²) in [5, 5.41) is 20.1. The number of benzene rings is 1. The van der Waals surface area contributed by atoms with Crippen LogP contribution in [0.3, 0.4) is 0 Å². The molecule has 2 heterocycles. The average Bonchev–Trinajstić information content (AvgIpc) is 2.56. The summed E-state index contributed by atoms with van der Waals surface area (Å²) in [6.07, 6.45) is 4.06. The highest BCUT2D eigenvalue weighted by molar-refractivity contribution is 5.57. The van der Waals surface area contributed by atoms with E-state index < -0.39 is 0 Å². The summed E-state index contributed by atoms with van der Waals surface area (Å²) in [6, 6.07) is 9.34. The minimum Gasteiger partial charge on any atom is -0.355 e. The molecule has 6 nitrogen and oxygen atoms in total. The second-order valence-corrected chi connectivity index (χ2v) is 5.63. The molecule has 1 aliphatic rings. The van der Waals surface area contributed by atoms with Crippen LogP contribution >= 0.6 is 0 Å². The average molecular weight is 294 g/mol. The van der Waals surface area contributed by atoms with E-state index in [1.165, 1.54) is 12.8 Å². The van der Waals surface area contributed by atoms with Gasteiger partial charge in [0.2, 0.25) is 5.95 Å². The molecule has 0 amide bonds. The van der Waals surface area contributed by atoms with Crippen LogP contribution in [0, 0.1) is 17.2 Å². The molecule has 1 fully saturated rings. The van der Waals surface area contributed by atoms with Gasteiger partial charge in [0.1, 0.15) is 0 Å². The molecule has 6 heteroatoms. The topological polar surface area (TPSA) is 77.7 Å². The van der Waals surface area contributed by atoms with Crippen LogP contribution in [0.15, 0.2) is 30.5 Å². The third-order valence-electron chi connectivity index (χ3n) is 3.90. The molecule has 0 bridgehead atoms. The molecule has 0 unspecified atom stereocenters. The van der Waals surface area contributed by atoms with Crippen LogP contribution in [-0.4, -0.2) is 28.3 Å². The minimum atomic E-state index is 0.450. The molecular formula is C16H18N6. The van der Waals surface area contributed by atoms with Crippen molar-refractivity contribution in [3.05, 3.63) is 36.0 Å². The molecule has 1 aromatic heterocycles. The van der Waals surface area contributed by atoms with Gasteiger partial charge in [-0.1, -0.05) is 13.0 Å². The summed E-state index contributed by atoms with van der Waals surface area (Å²) in [7, 11) is 0. The Morgan fingerprint density at radius 1 is 1.32 bits per heavy atom. The lowest BCUT2D eigenvalue weighted by Gasteiger charge is -2.30. The number of nitriles is 1. The van der Waals surface area contributed by atoms with E-state index in [1.807, 2.05) is 12.1 Å². The summed E-state index contributed by atoms with van der Waals surface area (Å²) >= 11 is 0. The first-order chi connectivity index (χ1) is 10.7. The molecule has 2 aromatic rings. The van der Waals surface area contributed by atoms with Crippen LogP contribution in [0.5, 0.6) is 0 Å². The SMILES string of the molecule is CC1CCN(c2cnnc(Nc3cccc(C#N)c3)n2)CC1. The van der Waals surface area contributed by atoms with E-state index in [9.17, 15) is 0 Å². The zero-order valence-corrected chi connectivity index (χ0v) is 12.5. The van der Waals surface area contributed by atoms with Crippen molar-refractivity contribution in [1.29, 1.82) is 5.26 Å². The van der Waals surface area contributed by atoms with Gasteiger partial charge in [-0.3, -0.25) is 0 Å². The number of aromatic nitrogens is 3. The van der Waals surface area contributed by atoms with Gasteiger partial charge >= 0.3 is 0 Å². The van der Waals surface area contributed by atoms with Crippen LogP contribution < -0.4 is 10.2 Å². The maximum absolute atomic E-state index is 8.94. The molecule has 0 radical (unpaired) electrons. The predicted octanol–water partition coefficient (Wildman–Crippen LogP) is 2.72. The molecule has 0 atom stereocenters. The largest absolute Gasteiger partial charge is 0.355 e. The van der Waals surface area contributed by atoms with E-state index >= 15 is 0 Å². The fourth-order valence-corrected chi connectivity index (χ4v) is 2.53. The fourth-order valence-electron chi connectivity index (χ4n) is 2.53. The monoisotopic (exact) mass is 294 g/mol. The van der Waals surface area contributed by atoms with Gasteiger partial charge < -0.3 is 10.2 Å². The Balaban J connectivity index is 1.75. The first kappa shape index (κ1) is 14.3. The predicted molar refractivity (Wildman–Crippen MR) is 84.9 cm³/mol. The zero-order chi connectivity index (χ0) is 15.4. The summed E-state index contributed by atoms with van der Waals surface area (Å²) < 4.78 is 0. The number of rotatable bonds is 3. The quantitative estimate of drug-likeness (QED) is 0.937. The van der Waals surface area contributed by atoms with Crippen molar-refractivity contribution >= 4 is 17.5 Å². The molecule has 1 N–H and O–H groups in total. The van der Waals surface area contributed by atoms with E-state index in [4.69, 9.17) is 5.26 Å². The summed E-state index contributed by atoms with van der Waals surface area (Å²) in [5.41, 5.74) is 1.38. The first-order valence-electron chi connectivity index (χ1n) is 7.46. The second-order valence-electron chi connectivity index (χ2n) is 5.63. The molecule has 0 aliphatic carbocycles. The highest BCUT2D eigenvalue weighted by Gasteiger charge is 2.17. The van der Waals surface area contributed by atoms with E-state index in [0.29, 0.717) is 11.5 Å². The number of nitrogens with zero attached hydrogens (tertiary/aromatic N) is 5. The zero-order valence-electron chi connectivity index (χ0n) is 12.5. The number of nitrogens with one attached hydrogen (secondary N) is 1. The molecule has 0 spiro atoms. The molecule has 1 saturated heterocycles. The maximum Gasteiger partial charge on any atom is 0.249 e. The van der Waals surface area contributed by atoms with Crippen LogP contribution in [0.25, 0.3) is 0 Å². The normalized spacial score (nSPS) is 15.4. The van der Waals surface area contributed by atoms with E-state index in [2.05, 4.69) is 38.4 Å². The number of hydrogen-bond acceptors (Lipinski definition) is 6. The lowest BCUT2D eigenvalue weighted by Crippen LogP contribution is -2.33. The first-order valence-corrected chi connectivity index (χ1v) is 7.46. The van der Waals surface area contributed by atoms with Gasteiger partial charge in [0.15, 0.2) is 5.82 Å². The lowest BCUT2D eigenvalue weighted by molar-refractivity contribution is 0.436. The van der Waals surface area contributed by atoms with E-state index in [0.717, 1.165) is 30.5 Å². The Bertz CT molecular complexity index is 685. The van der Waals surface area contributed by atoms with Crippen molar-refractivity contribution in [3.8, 4) is 6.07 Å². The minimum absolute atomic E-state index is 0.450. The van der Waals surface area contributed by atoms with Crippen molar-refractivity contribution in [2.45, 2.75) is 19.8 Å². The van der Waals surface area contributed by atoms with Gasteiger partial charge in [-0.05, 0) is 37.0 Å². The Hall–Kier alpha value is -2.68. The van der Waals surface area contributed by atoms with Gasteiger partial charge in [0.25, 0.3) is 0 Å². The molecule has 3 rings (SSSR count). The van der Waals surface area contributed by atoms with Gasteiger partial charge in [0, 0.05) is 18.8 Å². The standard InChI is InChI=1S/C16H18N6/c1-12-5-7-22(8-6-12)15-11-18-21-16(20-15)19-14-4-2-3-13(9-14)10-17/h2-4,9,11-12H,5-8H2,1H3,(H,19,20,21). The smallest absolute Gasteiger partial charge is 0.249 e. The summed E-state index contributed by atoms with van der Waals surface area (Å²) in [4.78, 5) is 6.77. The number of hydrogen-bond donors (Lipinski definition) is 1. The summed E-state index contributed by atoms with van der Waals surface area (Å²) in [6.45, 7) is 4.29. The molecule has 112 valence electrons. The van der Waals surface area contributed by atoms with Crippen molar-refractivity contribution in [3.63, 3.8) is 0 Å². The Labute approximate surface area is 129 Å². The lowest BCUT2D eigenvalue weighted by atomic mass is 9.99. The molecule has 22 heavy (non-hydrogen) atoms. The fraction of sp³-hybridized carbons (Fsp3) is 0.375. The van der Waals surface area contributed by atoms with Gasteiger partial charge in [-0.25, -0.2) is 0 Å². The maximum atomic E-state index is 8.94. The number of anilines is 3. The van der Waals surface area contributed by atoms with Crippen LogP contribution in [-0.2, 0) is 0 Å². The highest BCUT2D eigenvalue weighted by Crippen LogP contribution is 2.22. The van der Waals surface area contributed by atoms with Gasteiger partial charge in [-0.2, -0.15) is 15.3 Å². The Morgan fingerprint density at radius 3 is 2.91 bits per heavy atom. The van der Waals surface area contributed by atoms with Gasteiger partial charge in [-0.15, -0.1) is 5.10 Å². The molecule has 1 aromatic carbocycles. The van der Waals surface area contributed by atoms with Gasteiger partial charge in [0.05, 0.1) is 17.8 Å². The number of piperidine rings is 1. The molecule has 1 aliphatic heterocycles. The highest BCUT2D eigenvalue weighted by atomic mass is 15.3. The van der Waals surface area contributed by atoms with Crippen LogP contribution in [0.4, 0.5) is 17.5 Å². The van der Waals surface area contributed by atoms with E-state index in [-0.39, 0.29) is 0 Å². The third-order valence-corrected chi connectivity index (χ3v) is 3.90. The second kappa shape index (κ2) is 6.39. The van der Waals surface area contributed by atoms with Crippen LogP contribution in [0.2, 0.25) is 0 Å². The Morgan fingerprint density at radius 2 is 2.14 bits per heavy atom. The van der Waals surface area contributed by atoms with E-state index in [1.54, 1.807) is 18.3 Å².